The van der Waals surface area contributed by atoms with E-state index in [0.29, 0.717) is 10.0 Å². The van der Waals surface area contributed by atoms with E-state index in [1.54, 1.807) is 17.4 Å². The third-order valence-electron chi connectivity index (χ3n) is 3.32. The van der Waals surface area contributed by atoms with E-state index in [0.717, 1.165) is 12.1 Å². The third kappa shape index (κ3) is 3.22. The minimum Gasteiger partial charge on any atom is -0.478 e. The number of carboxylic acids is 1. The number of hydrogen-bond acceptors (Lipinski definition) is 3. The van der Waals surface area contributed by atoms with Crippen molar-refractivity contribution in [2.75, 3.05) is 11.9 Å². The van der Waals surface area contributed by atoms with Crippen molar-refractivity contribution in [3.8, 4) is 0 Å². The Balaban J connectivity index is 2.26. The van der Waals surface area contributed by atoms with Gasteiger partial charge in [0.2, 0.25) is 0 Å². The number of likely N-dealkylation sites (N-methyl/N-ethyl adjacent to an activating group) is 1. The Morgan fingerprint density at radius 3 is 2.75 bits per heavy atom. The lowest BCUT2D eigenvalue weighted by Crippen LogP contribution is -2.31. The molecule has 0 amide bonds. The summed E-state index contributed by atoms with van der Waals surface area (Å²) in [6, 6.07) is 9.83. The van der Waals surface area contributed by atoms with Gasteiger partial charge in [-0.15, -0.1) is 11.3 Å². The number of thiophene rings is 1. The Morgan fingerprint density at radius 1 is 1.40 bits per heavy atom. The van der Waals surface area contributed by atoms with Crippen LogP contribution < -0.4 is 4.90 Å². The first-order valence-electron chi connectivity index (χ1n) is 6.27. The number of anilines is 1. The minimum atomic E-state index is -0.914. The van der Waals surface area contributed by atoms with Gasteiger partial charge in [0, 0.05) is 28.9 Å². The zero-order valence-electron chi connectivity index (χ0n) is 11.3. The van der Waals surface area contributed by atoms with Gasteiger partial charge in [-0.25, -0.2) is 4.79 Å². The van der Waals surface area contributed by atoms with E-state index in [9.17, 15) is 9.90 Å². The van der Waals surface area contributed by atoms with E-state index >= 15 is 0 Å². The quantitative estimate of drug-likeness (QED) is 0.872. The van der Waals surface area contributed by atoms with Crippen LogP contribution in [0.1, 0.15) is 22.2 Å². The van der Waals surface area contributed by atoms with E-state index in [1.807, 2.05) is 30.1 Å². The van der Waals surface area contributed by atoms with Crippen LogP contribution in [0.2, 0.25) is 0 Å². The fraction of sp³-hybridized carbons (Fsp3) is 0.267. The molecule has 0 aliphatic carbocycles. The lowest BCUT2D eigenvalue weighted by molar-refractivity contribution is 0.0696. The van der Waals surface area contributed by atoms with E-state index in [1.165, 1.54) is 4.88 Å². The number of benzene rings is 1. The highest BCUT2D eigenvalue weighted by atomic mass is 79.9. The average molecular weight is 354 g/mol. The maximum absolute atomic E-state index is 11.4. The van der Waals surface area contributed by atoms with Gasteiger partial charge in [-0.1, -0.05) is 12.1 Å². The maximum atomic E-state index is 11.4. The van der Waals surface area contributed by atoms with E-state index in [2.05, 4.69) is 34.3 Å². The van der Waals surface area contributed by atoms with Crippen molar-refractivity contribution in [2.24, 2.45) is 0 Å². The summed E-state index contributed by atoms with van der Waals surface area (Å²) in [6.45, 7) is 2.10. The van der Waals surface area contributed by atoms with Gasteiger partial charge in [-0.3, -0.25) is 0 Å². The van der Waals surface area contributed by atoms with Crippen LogP contribution in [0.15, 0.2) is 40.2 Å². The van der Waals surface area contributed by atoms with Crippen LogP contribution in [0.3, 0.4) is 0 Å². The summed E-state index contributed by atoms with van der Waals surface area (Å²) in [5, 5.41) is 11.4. The third-order valence-corrected chi connectivity index (χ3v) is 4.88. The molecule has 1 heterocycles. The van der Waals surface area contributed by atoms with Crippen molar-refractivity contribution in [3.05, 3.63) is 50.6 Å². The second kappa shape index (κ2) is 6.41. The van der Waals surface area contributed by atoms with Crippen molar-refractivity contribution in [2.45, 2.75) is 19.4 Å². The second-order valence-corrected chi connectivity index (χ2v) is 6.57. The smallest absolute Gasteiger partial charge is 0.338 e. The lowest BCUT2D eigenvalue weighted by Gasteiger charge is -2.28. The van der Waals surface area contributed by atoms with Gasteiger partial charge < -0.3 is 10.0 Å². The fourth-order valence-corrected chi connectivity index (χ4v) is 3.46. The molecule has 1 unspecified atom stereocenters. The molecule has 1 atom stereocenters. The standard InChI is InChI=1S/C15H16BrNO2S/c1-10(9-11-5-4-8-20-11)17(2)13-7-3-6-12(16)14(13)15(18)19/h3-8,10H,9H2,1-2H3,(H,18,19). The van der Waals surface area contributed by atoms with Gasteiger partial charge in [-0.05, 0) is 46.4 Å². The second-order valence-electron chi connectivity index (χ2n) is 4.68. The summed E-state index contributed by atoms with van der Waals surface area (Å²) in [5.41, 5.74) is 1.05. The first-order chi connectivity index (χ1) is 9.50. The van der Waals surface area contributed by atoms with Gasteiger partial charge in [0.15, 0.2) is 0 Å². The SMILES string of the molecule is CC(Cc1cccs1)N(C)c1cccc(Br)c1C(=O)O. The first kappa shape index (κ1) is 15.1. The molecule has 1 aromatic heterocycles. The van der Waals surface area contributed by atoms with Crippen LogP contribution >= 0.6 is 27.3 Å². The molecule has 0 radical (unpaired) electrons. The molecular weight excluding hydrogens is 338 g/mol. The average Bonchev–Trinajstić information content (AvgIpc) is 2.89. The molecule has 20 heavy (non-hydrogen) atoms. The predicted octanol–water partition coefficient (Wildman–Crippen LogP) is 4.28. The van der Waals surface area contributed by atoms with Crippen molar-refractivity contribution in [1.29, 1.82) is 0 Å². The largest absolute Gasteiger partial charge is 0.478 e. The molecule has 3 nitrogen and oxygen atoms in total. The van der Waals surface area contributed by atoms with Crippen molar-refractivity contribution >= 4 is 38.9 Å². The Labute approximate surface area is 131 Å². The molecule has 106 valence electrons. The number of nitrogens with zero attached hydrogens (tertiary/aromatic N) is 1. The highest BCUT2D eigenvalue weighted by Gasteiger charge is 2.20. The molecule has 0 bridgehead atoms. The normalized spacial score (nSPS) is 12.2. The van der Waals surface area contributed by atoms with Crippen LogP contribution in [0.5, 0.6) is 0 Å². The van der Waals surface area contributed by atoms with Crippen LogP contribution in [0.25, 0.3) is 0 Å². The number of hydrogen-bond donors (Lipinski definition) is 1. The summed E-state index contributed by atoms with van der Waals surface area (Å²) in [5.74, 6) is -0.914. The Morgan fingerprint density at radius 2 is 2.15 bits per heavy atom. The molecule has 5 heteroatoms. The molecule has 1 N–H and O–H groups in total. The van der Waals surface area contributed by atoms with Gasteiger partial charge in [-0.2, -0.15) is 0 Å². The van der Waals surface area contributed by atoms with Crippen molar-refractivity contribution in [3.63, 3.8) is 0 Å². The highest BCUT2D eigenvalue weighted by Crippen LogP contribution is 2.29. The van der Waals surface area contributed by atoms with Crippen LogP contribution in [-0.2, 0) is 6.42 Å². The molecule has 0 aliphatic heterocycles. The number of carbonyl (C=O) groups is 1. The molecule has 0 fully saturated rings. The zero-order valence-corrected chi connectivity index (χ0v) is 13.7. The van der Waals surface area contributed by atoms with Gasteiger partial charge in [0.05, 0.1) is 11.3 Å². The number of aromatic carboxylic acids is 1. The van der Waals surface area contributed by atoms with Gasteiger partial charge in [0.25, 0.3) is 0 Å². The summed E-state index contributed by atoms with van der Waals surface area (Å²) in [7, 11) is 1.94. The van der Waals surface area contributed by atoms with Gasteiger partial charge in [0.1, 0.15) is 0 Å². The first-order valence-corrected chi connectivity index (χ1v) is 7.95. The monoisotopic (exact) mass is 353 g/mol. The Hall–Kier alpha value is -1.33. The van der Waals surface area contributed by atoms with Crippen LogP contribution in [-0.4, -0.2) is 24.2 Å². The van der Waals surface area contributed by atoms with Crippen LogP contribution in [0, 0.1) is 0 Å². The summed E-state index contributed by atoms with van der Waals surface area (Å²) < 4.78 is 0.609. The molecule has 0 saturated heterocycles. The predicted molar refractivity (Wildman–Crippen MR) is 87.0 cm³/mol. The fourth-order valence-electron chi connectivity index (χ4n) is 2.11. The van der Waals surface area contributed by atoms with E-state index in [4.69, 9.17) is 0 Å². The van der Waals surface area contributed by atoms with Crippen LogP contribution in [0.4, 0.5) is 5.69 Å². The Kier molecular flexibility index (Phi) is 4.83. The lowest BCUT2D eigenvalue weighted by atomic mass is 10.1. The molecule has 2 aromatic rings. The zero-order chi connectivity index (χ0) is 14.7. The molecule has 2 rings (SSSR count). The maximum Gasteiger partial charge on any atom is 0.338 e. The van der Waals surface area contributed by atoms with E-state index in [-0.39, 0.29) is 6.04 Å². The summed E-state index contributed by atoms with van der Waals surface area (Å²) in [6.07, 6.45) is 0.903. The number of halogens is 1. The topological polar surface area (TPSA) is 40.5 Å². The van der Waals surface area contributed by atoms with E-state index < -0.39 is 5.97 Å². The molecular formula is C15H16BrNO2S. The number of carboxylic acid groups (broad SMARTS) is 1. The minimum absolute atomic E-state index is 0.223. The van der Waals surface area contributed by atoms with Crippen molar-refractivity contribution in [1.82, 2.24) is 0 Å². The Bertz CT molecular complexity index is 598. The molecule has 0 saturated carbocycles. The van der Waals surface area contributed by atoms with Crippen molar-refractivity contribution < 1.29 is 9.90 Å². The summed E-state index contributed by atoms with van der Waals surface area (Å²) in [4.78, 5) is 14.8. The number of rotatable bonds is 5. The highest BCUT2D eigenvalue weighted by molar-refractivity contribution is 9.10. The molecule has 1 aromatic carbocycles. The van der Waals surface area contributed by atoms with Gasteiger partial charge >= 0.3 is 5.97 Å². The molecule has 0 aliphatic rings. The molecule has 0 spiro atoms. The summed E-state index contributed by atoms with van der Waals surface area (Å²) >= 11 is 5.05.